The van der Waals surface area contributed by atoms with Crippen molar-refractivity contribution in [2.45, 2.75) is 18.3 Å². The maximum atomic E-state index is 12.9. The molecule has 2 unspecified atom stereocenters. The first-order valence-electron chi connectivity index (χ1n) is 6.01. The van der Waals surface area contributed by atoms with E-state index in [1.807, 2.05) is 0 Å². The monoisotopic (exact) mass is 289 g/mol. The Morgan fingerprint density at radius 1 is 1.35 bits per heavy atom. The molecule has 2 rings (SSSR count). The molecule has 0 saturated carbocycles. The van der Waals surface area contributed by atoms with Gasteiger partial charge in [-0.05, 0) is 12.1 Å². The summed E-state index contributed by atoms with van der Waals surface area (Å²) < 4.78 is 43.7. The highest BCUT2D eigenvalue weighted by atomic mass is 19.4. The van der Waals surface area contributed by atoms with Crippen LogP contribution in [0.5, 0.6) is 0 Å². The smallest absolute Gasteiger partial charge is 0.388 e. The molecule has 2 atom stereocenters. The first-order valence-corrected chi connectivity index (χ1v) is 6.01. The minimum Gasteiger partial charge on any atom is -0.388 e. The molecule has 0 radical (unpaired) electrons. The Morgan fingerprint density at radius 3 is 2.55 bits per heavy atom. The van der Waals surface area contributed by atoms with Crippen molar-refractivity contribution >= 4 is 5.91 Å². The van der Waals surface area contributed by atoms with Crippen LogP contribution in [0.2, 0.25) is 0 Å². The van der Waals surface area contributed by atoms with Gasteiger partial charge in [0.05, 0.1) is 36.5 Å². The highest BCUT2D eigenvalue weighted by Gasteiger charge is 2.38. The molecule has 0 spiro atoms. The number of nitrogens with zero attached hydrogens (tertiary/aromatic N) is 1. The molecule has 20 heavy (non-hydrogen) atoms. The van der Waals surface area contributed by atoms with Crippen LogP contribution in [0.4, 0.5) is 13.2 Å². The number of likely N-dealkylation sites (N-methyl/N-ethyl adjacent to an activating group) is 1. The summed E-state index contributed by atoms with van der Waals surface area (Å²) in [5, 5.41) is 9.64. The number of alkyl halides is 3. The lowest BCUT2D eigenvalue weighted by molar-refractivity contribution is -0.138. The highest BCUT2D eigenvalue weighted by molar-refractivity contribution is 5.96. The number of halogens is 3. The molecule has 1 aromatic rings. The fraction of sp³-hybridized carbons (Fsp3) is 0.462. The number of benzene rings is 1. The number of carbonyl (C=O) groups is 1. The first-order chi connectivity index (χ1) is 9.32. The third-order valence-corrected chi connectivity index (χ3v) is 3.30. The molecular weight excluding hydrogens is 275 g/mol. The second-order valence-electron chi connectivity index (χ2n) is 4.63. The lowest BCUT2D eigenvalue weighted by Gasteiger charge is -2.26. The van der Waals surface area contributed by atoms with Crippen LogP contribution in [-0.2, 0) is 10.9 Å². The second kappa shape index (κ2) is 5.41. The van der Waals surface area contributed by atoms with Gasteiger partial charge in [-0.25, -0.2) is 0 Å². The van der Waals surface area contributed by atoms with Crippen LogP contribution < -0.4 is 0 Å². The number of hydrogen-bond donors (Lipinski definition) is 1. The van der Waals surface area contributed by atoms with Crippen molar-refractivity contribution in [1.29, 1.82) is 0 Å². The topological polar surface area (TPSA) is 49.8 Å². The summed E-state index contributed by atoms with van der Waals surface area (Å²) in [5.74, 6) is -0.785. The Hall–Kier alpha value is -1.60. The van der Waals surface area contributed by atoms with E-state index in [2.05, 4.69) is 0 Å². The van der Waals surface area contributed by atoms with Crippen LogP contribution in [-0.4, -0.2) is 48.3 Å². The minimum absolute atomic E-state index is 0.0726. The van der Waals surface area contributed by atoms with Crippen LogP contribution in [0.1, 0.15) is 15.9 Å². The van der Waals surface area contributed by atoms with Gasteiger partial charge in [0.1, 0.15) is 0 Å². The van der Waals surface area contributed by atoms with Crippen LogP contribution in [0, 0.1) is 0 Å². The third kappa shape index (κ3) is 2.78. The van der Waals surface area contributed by atoms with Crippen LogP contribution in [0.3, 0.4) is 0 Å². The minimum atomic E-state index is -4.60. The van der Waals surface area contributed by atoms with E-state index in [0.29, 0.717) is 0 Å². The summed E-state index contributed by atoms with van der Waals surface area (Å²) >= 11 is 0. The van der Waals surface area contributed by atoms with Gasteiger partial charge in [0, 0.05) is 7.05 Å². The largest absolute Gasteiger partial charge is 0.417 e. The fourth-order valence-electron chi connectivity index (χ4n) is 2.16. The Kier molecular flexibility index (Phi) is 4.01. The average Bonchev–Trinajstić information content (AvgIpc) is 2.82. The van der Waals surface area contributed by atoms with Gasteiger partial charge in [-0.2, -0.15) is 13.2 Å². The SMILES string of the molecule is CN(C(=O)c1ccccc1C(F)(F)F)C1COCC1O. The molecule has 1 aromatic carbocycles. The maximum Gasteiger partial charge on any atom is 0.417 e. The van der Waals surface area contributed by atoms with E-state index < -0.39 is 35.4 Å². The van der Waals surface area contributed by atoms with E-state index in [1.54, 1.807) is 0 Å². The van der Waals surface area contributed by atoms with E-state index in [9.17, 15) is 23.1 Å². The lowest BCUT2D eigenvalue weighted by Crippen LogP contribution is -2.44. The fourth-order valence-corrected chi connectivity index (χ4v) is 2.16. The van der Waals surface area contributed by atoms with E-state index in [1.165, 1.54) is 19.2 Å². The first kappa shape index (κ1) is 14.8. The Labute approximate surface area is 113 Å². The normalized spacial score (nSPS) is 22.9. The molecule has 110 valence electrons. The zero-order chi connectivity index (χ0) is 14.9. The molecule has 0 aliphatic carbocycles. The number of aliphatic hydroxyl groups is 1. The van der Waals surface area contributed by atoms with Crippen molar-refractivity contribution in [3.05, 3.63) is 35.4 Å². The Balaban J connectivity index is 2.30. The van der Waals surface area contributed by atoms with Gasteiger partial charge in [0.15, 0.2) is 0 Å². The van der Waals surface area contributed by atoms with Gasteiger partial charge >= 0.3 is 6.18 Å². The molecule has 1 fully saturated rings. The van der Waals surface area contributed by atoms with Crippen LogP contribution >= 0.6 is 0 Å². The van der Waals surface area contributed by atoms with Crippen molar-refractivity contribution in [3.8, 4) is 0 Å². The van der Waals surface area contributed by atoms with E-state index in [-0.39, 0.29) is 13.2 Å². The van der Waals surface area contributed by atoms with E-state index in [4.69, 9.17) is 4.74 Å². The molecule has 0 aromatic heterocycles. The van der Waals surface area contributed by atoms with Gasteiger partial charge in [-0.1, -0.05) is 12.1 Å². The predicted molar refractivity (Wildman–Crippen MR) is 64.2 cm³/mol. The number of aliphatic hydroxyl groups excluding tert-OH is 1. The third-order valence-electron chi connectivity index (χ3n) is 3.30. The van der Waals surface area contributed by atoms with Gasteiger partial charge < -0.3 is 14.7 Å². The van der Waals surface area contributed by atoms with Crippen molar-refractivity contribution in [3.63, 3.8) is 0 Å². The average molecular weight is 289 g/mol. The zero-order valence-corrected chi connectivity index (χ0v) is 10.7. The summed E-state index contributed by atoms with van der Waals surface area (Å²) in [5.41, 5.74) is -1.41. The standard InChI is InChI=1S/C13H14F3NO3/c1-17(10-6-20-7-11(10)18)12(19)8-4-2-3-5-9(8)13(14,15)16/h2-5,10-11,18H,6-7H2,1H3. The summed E-state index contributed by atoms with van der Waals surface area (Å²) in [6.07, 6.45) is -5.49. The van der Waals surface area contributed by atoms with Gasteiger partial charge in [-0.15, -0.1) is 0 Å². The molecule has 1 heterocycles. The molecule has 7 heteroatoms. The van der Waals surface area contributed by atoms with Crippen molar-refractivity contribution < 1.29 is 27.8 Å². The molecule has 4 nitrogen and oxygen atoms in total. The summed E-state index contributed by atoms with van der Waals surface area (Å²) in [7, 11) is 1.36. The number of amides is 1. The number of hydrogen-bond acceptors (Lipinski definition) is 3. The second-order valence-corrected chi connectivity index (χ2v) is 4.63. The molecule has 0 bridgehead atoms. The maximum absolute atomic E-state index is 12.9. The molecule has 1 saturated heterocycles. The lowest BCUT2D eigenvalue weighted by atomic mass is 10.0. The predicted octanol–water partition coefficient (Wildman–Crippen LogP) is 1.54. The van der Waals surface area contributed by atoms with Crippen molar-refractivity contribution in [2.24, 2.45) is 0 Å². The van der Waals surface area contributed by atoms with Crippen molar-refractivity contribution in [1.82, 2.24) is 4.90 Å². The van der Waals surface area contributed by atoms with Crippen LogP contribution in [0.25, 0.3) is 0 Å². The van der Waals surface area contributed by atoms with Gasteiger partial charge in [0.2, 0.25) is 0 Å². The van der Waals surface area contributed by atoms with Gasteiger partial charge in [-0.3, -0.25) is 4.79 Å². The molecule has 1 N–H and O–H groups in total. The number of rotatable bonds is 2. The van der Waals surface area contributed by atoms with E-state index >= 15 is 0 Å². The summed E-state index contributed by atoms with van der Waals surface area (Å²) in [6.45, 7) is 0.181. The molecular formula is C13H14F3NO3. The molecule has 1 aliphatic rings. The quantitative estimate of drug-likeness (QED) is 0.898. The van der Waals surface area contributed by atoms with Gasteiger partial charge in [0.25, 0.3) is 5.91 Å². The molecule has 1 aliphatic heterocycles. The number of ether oxygens (including phenoxy) is 1. The molecule has 1 amide bonds. The Morgan fingerprint density at radius 2 is 2.00 bits per heavy atom. The zero-order valence-electron chi connectivity index (χ0n) is 10.7. The number of carbonyl (C=O) groups excluding carboxylic acids is 1. The summed E-state index contributed by atoms with van der Waals surface area (Å²) in [6, 6.07) is 3.96. The van der Waals surface area contributed by atoms with E-state index in [0.717, 1.165) is 17.0 Å². The van der Waals surface area contributed by atoms with Crippen molar-refractivity contribution in [2.75, 3.05) is 20.3 Å². The summed E-state index contributed by atoms with van der Waals surface area (Å²) in [4.78, 5) is 13.3. The highest BCUT2D eigenvalue weighted by Crippen LogP contribution is 2.32. The van der Waals surface area contributed by atoms with Crippen LogP contribution in [0.15, 0.2) is 24.3 Å². The Bertz CT molecular complexity index is 504.